The lowest BCUT2D eigenvalue weighted by Gasteiger charge is -2.20. The number of benzene rings is 1. The fourth-order valence-corrected chi connectivity index (χ4v) is 1.95. The second kappa shape index (κ2) is 6.54. The molecule has 0 aliphatic heterocycles. The summed E-state index contributed by atoms with van der Waals surface area (Å²) < 4.78 is 35.1. The van der Waals surface area contributed by atoms with E-state index in [1.165, 1.54) is 0 Å². The van der Waals surface area contributed by atoms with Crippen molar-refractivity contribution in [1.82, 2.24) is 4.90 Å². The quantitative estimate of drug-likeness (QED) is 0.784. The monoisotopic (exact) mass is 259 g/mol. The summed E-state index contributed by atoms with van der Waals surface area (Å²) in [5.74, 6) is 1.42. The Hall–Kier alpha value is -1.36. The minimum Gasteiger partial charge on any atom is -0.496 e. The lowest BCUT2D eigenvalue weighted by atomic mass is 10.1. The van der Waals surface area contributed by atoms with Gasteiger partial charge in [-0.1, -0.05) is 6.07 Å². The van der Waals surface area contributed by atoms with Crippen LogP contribution in [-0.2, 0) is 6.54 Å². The SMILES string of the molecule is COc1ccc(CN(C)CC(F)F)c(OC)c1C. The molecule has 1 aromatic rings. The smallest absolute Gasteiger partial charge is 0.251 e. The molecule has 5 heteroatoms. The summed E-state index contributed by atoms with van der Waals surface area (Å²) >= 11 is 0. The van der Waals surface area contributed by atoms with E-state index in [1.807, 2.05) is 19.1 Å². The van der Waals surface area contributed by atoms with Gasteiger partial charge in [-0.05, 0) is 20.0 Å². The molecule has 0 aromatic heterocycles. The van der Waals surface area contributed by atoms with E-state index in [2.05, 4.69) is 0 Å². The molecule has 0 aliphatic carbocycles. The summed E-state index contributed by atoms with van der Waals surface area (Å²) in [6.45, 7) is 2.04. The highest BCUT2D eigenvalue weighted by molar-refractivity contribution is 5.49. The van der Waals surface area contributed by atoms with Crippen LogP contribution in [-0.4, -0.2) is 39.1 Å². The first kappa shape index (κ1) is 14.7. The Bertz CT molecular complexity index is 397. The van der Waals surface area contributed by atoms with Gasteiger partial charge in [0.2, 0.25) is 0 Å². The van der Waals surface area contributed by atoms with Crippen molar-refractivity contribution >= 4 is 0 Å². The molecule has 0 fully saturated rings. The van der Waals surface area contributed by atoms with Gasteiger partial charge >= 0.3 is 0 Å². The summed E-state index contributed by atoms with van der Waals surface area (Å²) in [6, 6.07) is 3.66. The first-order valence-electron chi connectivity index (χ1n) is 5.66. The molecule has 102 valence electrons. The summed E-state index contributed by atoms with van der Waals surface area (Å²) in [5.41, 5.74) is 1.75. The fourth-order valence-electron chi connectivity index (χ4n) is 1.95. The van der Waals surface area contributed by atoms with Gasteiger partial charge in [-0.2, -0.15) is 0 Å². The van der Waals surface area contributed by atoms with Crippen LogP contribution >= 0.6 is 0 Å². The molecule has 1 aromatic carbocycles. The average Bonchev–Trinajstić information content (AvgIpc) is 2.28. The summed E-state index contributed by atoms with van der Waals surface area (Å²) in [6.07, 6.45) is -2.33. The maximum Gasteiger partial charge on any atom is 0.251 e. The van der Waals surface area contributed by atoms with Gasteiger partial charge < -0.3 is 9.47 Å². The molecule has 0 atom stereocenters. The van der Waals surface area contributed by atoms with Gasteiger partial charge in [0.15, 0.2) is 0 Å². The molecule has 0 bridgehead atoms. The Kier molecular flexibility index (Phi) is 5.34. The van der Waals surface area contributed by atoms with Crippen molar-refractivity contribution in [2.45, 2.75) is 19.9 Å². The van der Waals surface area contributed by atoms with E-state index in [0.717, 1.165) is 16.9 Å². The molecule has 0 heterocycles. The molecule has 0 aliphatic rings. The van der Waals surface area contributed by atoms with Crippen molar-refractivity contribution in [1.29, 1.82) is 0 Å². The third-order valence-electron chi connectivity index (χ3n) is 2.75. The van der Waals surface area contributed by atoms with Crippen LogP contribution in [0.25, 0.3) is 0 Å². The molecule has 0 saturated heterocycles. The van der Waals surface area contributed by atoms with E-state index in [9.17, 15) is 8.78 Å². The Balaban J connectivity index is 2.92. The molecule has 0 radical (unpaired) electrons. The van der Waals surface area contributed by atoms with Crippen LogP contribution in [0.3, 0.4) is 0 Å². The molecule has 0 amide bonds. The van der Waals surface area contributed by atoms with E-state index in [-0.39, 0.29) is 6.54 Å². The zero-order valence-corrected chi connectivity index (χ0v) is 11.2. The zero-order chi connectivity index (χ0) is 13.7. The van der Waals surface area contributed by atoms with Gasteiger partial charge in [0.25, 0.3) is 6.43 Å². The fraction of sp³-hybridized carbons (Fsp3) is 0.538. The highest BCUT2D eigenvalue weighted by Crippen LogP contribution is 2.31. The maximum atomic E-state index is 12.3. The predicted molar refractivity (Wildman–Crippen MR) is 66.6 cm³/mol. The van der Waals surface area contributed by atoms with Gasteiger partial charge in [0.05, 0.1) is 20.8 Å². The first-order valence-corrected chi connectivity index (χ1v) is 5.66. The summed E-state index contributed by atoms with van der Waals surface area (Å²) in [5, 5.41) is 0. The van der Waals surface area contributed by atoms with E-state index in [4.69, 9.17) is 9.47 Å². The molecular weight excluding hydrogens is 240 g/mol. The van der Waals surface area contributed by atoms with Crippen LogP contribution in [0.15, 0.2) is 12.1 Å². The zero-order valence-electron chi connectivity index (χ0n) is 11.2. The third-order valence-corrected chi connectivity index (χ3v) is 2.75. The van der Waals surface area contributed by atoms with Crippen LogP contribution in [0.5, 0.6) is 11.5 Å². The van der Waals surface area contributed by atoms with Crippen molar-refractivity contribution in [3.8, 4) is 11.5 Å². The van der Waals surface area contributed by atoms with E-state index in [0.29, 0.717) is 12.3 Å². The molecule has 0 saturated carbocycles. The number of methoxy groups -OCH3 is 2. The van der Waals surface area contributed by atoms with Gasteiger partial charge in [0.1, 0.15) is 11.5 Å². The highest BCUT2D eigenvalue weighted by Gasteiger charge is 2.14. The lowest BCUT2D eigenvalue weighted by Crippen LogP contribution is -2.24. The minimum atomic E-state index is -2.33. The molecule has 1 rings (SSSR count). The second-order valence-corrected chi connectivity index (χ2v) is 4.17. The van der Waals surface area contributed by atoms with Gasteiger partial charge in [-0.3, -0.25) is 4.90 Å². The first-order chi connectivity index (χ1) is 8.49. The summed E-state index contributed by atoms with van der Waals surface area (Å²) in [4.78, 5) is 1.56. The third kappa shape index (κ3) is 3.57. The number of ether oxygens (including phenoxy) is 2. The van der Waals surface area contributed by atoms with Crippen LogP contribution in [0.2, 0.25) is 0 Å². The predicted octanol–water partition coefficient (Wildman–Crippen LogP) is 2.71. The van der Waals surface area contributed by atoms with Gasteiger partial charge in [-0.25, -0.2) is 8.78 Å². The Morgan fingerprint density at radius 2 is 1.89 bits per heavy atom. The maximum absolute atomic E-state index is 12.3. The van der Waals surface area contributed by atoms with E-state index >= 15 is 0 Å². The number of halogens is 2. The van der Waals surface area contributed by atoms with Crippen molar-refractivity contribution in [3.05, 3.63) is 23.3 Å². The standard InChI is InChI=1S/C13H19F2NO2/c1-9-11(17-3)6-5-10(13(9)18-4)7-16(2)8-12(14)15/h5-6,12H,7-8H2,1-4H3. The Morgan fingerprint density at radius 3 is 2.39 bits per heavy atom. The Morgan fingerprint density at radius 1 is 1.22 bits per heavy atom. The molecule has 18 heavy (non-hydrogen) atoms. The van der Waals surface area contributed by atoms with E-state index in [1.54, 1.807) is 26.2 Å². The van der Waals surface area contributed by atoms with Crippen molar-refractivity contribution in [2.75, 3.05) is 27.8 Å². The molecule has 0 unspecified atom stereocenters. The number of nitrogens with zero attached hydrogens (tertiary/aromatic N) is 1. The van der Waals surface area contributed by atoms with Gasteiger partial charge in [-0.15, -0.1) is 0 Å². The minimum absolute atomic E-state index is 0.256. The van der Waals surface area contributed by atoms with Crippen molar-refractivity contribution in [3.63, 3.8) is 0 Å². The highest BCUT2D eigenvalue weighted by atomic mass is 19.3. The van der Waals surface area contributed by atoms with Crippen molar-refractivity contribution in [2.24, 2.45) is 0 Å². The number of hydrogen-bond acceptors (Lipinski definition) is 3. The normalized spacial score (nSPS) is 11.1. The van der Waals surface area contributed by atoms with Crippen LogP contribution in [0.4, 0.5) is 8.78 Å². The van der Waals surface area contributed by atoms with Crippen LogP contribution in [0.1, 0.15) is 11.1 Å². The average molecular weight is 259 g/mol. The number of alkyl halides is 2. The van der Waals surface area contributed by atoms with Gasteiger partial charge in [0, 0.05) is 17.7 Å². The largest absolute Gasteiger partial charge is 0.496 e. The molecule has 0 N–H and O–H groups in total. The lowest BCUT2D eigenvalue weighted by molar-refractivity contribution is 0.0971. The van der Waals surface area contributed by atoms with Crippen LogP contribution in [0, 0.1) is 6.92 Å². The van der Waals surface area contributed by atoms with Crippen LogP contribution < -0.4 is 9.47 Å². The second-order valence-electron chi connectivity index (χ2n) is 4.17. The molecular formula is C13H19F2NO2. The molecule has 0 spiro atoms. The van der Waals surface area contributed by atoms with E-state index < -0.39 is 6.43 Å². The number of rotatable bonds is 6. The topological polar surface area (TPSA) is 21.7 Å². The summed E-state index contributed by atoms with van der Waals surface area (Å²) in [7, 11) is 4.81. The molecule has 3 nitrogen and oxygen atoms in total. The Labute approximate surface area is 106 Å². The van der Waals surface area contributed by atoms with Crippen molar-refractivity contribution < 1.29 is 18.3 Å². The number of hydrogen-bond donors (Lipinski definition) is 0.